The van der Waals surface area contributed by atoms with Crippen molar-refractivity contribution < 1.29 is 75.0 Å². The predicted molar refractivity (Wildman–Crippen MR) is 60.5 cm³/mol. The number of alkyl halides is 15. The van der Waals surface area contributed by atoms with Crippen molar-refractivity contribution in [3.05, 3.63) is 11.6 Å². The standard InChI is InChI=1S/C11H6F16N2O/c12-5(9(19,20)21)6(29(10(22,23)24)11(25,26)27)28-1-3(7(13,14)15)30-4(2-28)8(16,17)18/h3-4H,1-2H2/b6-5+. The summed E-state index contributed by atoms with van der Waals surface area (Å²) >= 11 is 0. The summed E-state index contributed by atoms with van der Waals surface area (Å²) in [4.78, 5) is -4.49. The second-order valence-electron chi connectivity index (χ2n) is 5.51. The van der Waals surface area contributed by atoms with Gasteiger partial charge in [0.05, 0.1) is 13.1 Å². The molecule has 1 rings (SSSR count). The average Bonchev–Trinajstić information content (AvgIpc) is 2.46. The molecule has 0 saturated carbocycles. The maximum atomic E-state index is 13.6. The molecule has 0 spiro atoms. The van der Waals surface area contributed by atoms with Gasteiger partial charge in [0.15, 0.2) is 18.0 Å². The van der Waals surface area contributed by atoms with Gasteiger partial charge in [-0.05, 0) is 0 Å². The van der Waals surface area contributed by atoms with Crippen molar-refractivity contribution in [3.63, 3.8) is 0 Å². The van der Waals surface area contributed by atoms with Gasteiger partial charge in [-0.25, -0.2) is 0 Å². The fourth-order valence-corrected chi connectivity index (χ4v) is 2.18. The van der Waals surface area contributed by atoms with Gasteiger partial charge >= 0.3 is 31.1 Å². The molecule has 0 radical (unpaired) electrons. The van der Waals surface area contributed by atoms with Crippen molar-refractivity contribution in [3.8, 4) is 0 Å². The highest BCUT2D eigenvalue weighted by Crippen LogP contribution is 2.45. The van der Waals surface area contributed by atoms with E-state index >= 15 is 0 Å². The number of nitrogens with zero attached hydrogens (tertiary/aromatic N) is 2. The van der Waals surface area contributed by atoms with E-state index in [1.54, 1.807) is 0 Å². The molecule has 0 aromatic heterocycles. The third kappa shape index (κ3) is 6.10. The second kappa shape index (κ2) is 7.70. The van der Waals surface area contributed by atoms with Crippen molar-refractivity contribution in [1.82, 2.24) is 9.80 Å². The summed E-state index contributed by atoms with van der Waals surface area (Å²) in [7, 11) is 0. The van der Waals surface area contributed by atoms with Crippen molar-refractivity contribution in [1.29, 1.82) is 0 Å². The molecule has 178 valence electrons. The minimum Gasteiger partial charge on any atom is -0.352 e. The van der Waals surface area contributed by atoms with Gasteiger partial charge in [-0.2, -0.15) is 48.8 Å². The quantitative estimate of drug-likeness (QED) is 0.393. The Bertz CT molecular complexity index is 602. The van der Waals surface area contributed by atoms with Crippen LogP contribution in [0.2, 0.25) is 0 Å². The van der Waals surface area contributed by atoms with E-state index < -0.39 is 77.9 Å². The monoisotopic (exact) mass is 486 g/mol. The van der Waals surface area contributed by atoms with Crippen molar-refractivity contribution >= 4 is 0 Å². The fourth-order valence-electron chi connectivity index (χ4n) is 2.18. The molecule has 0 amide bonds. The fraction of sp³-hybridized carbons (Fsp3) is 0.818. The molecule has 30 heavy (non-hydrogen) atoms. The lowest BCUT2D eigenvalue weighted by atomic mass is 10.2. The number of halogens is 16. The van der Waals surface area contributed by atoms with Crippen LogP contribution < -0.4 is 0 Å². The van der Waals surface area contributed by atoms with Crippen LogP contribution in [-0.2, 0) is 4.74 Å². The zero-order chi connectivity index (χ0) is 24.1. The van der Waals surface area contributed by atoms with Gasteiger partial charge in [0.1, 0.15) is 0 Å². The Labute approximate surface area is 154 Å². The molecule has 1 aliphatic rings. The lowest BCUT2D eigenvalue weighted by Gasteiger charge is -2.44. The molecule has 0 bridgehead atoms. The van der Waals surface area contributed by atoms with Crippen LogP contribution in [0.4, 0.5) is 70.2 Å². The van der Waals surface area contributed by atoms with Crippen LogP contribution in [0.15, 0.2) is 11.6 Å². The maximum absolute atomic E-state index is 13.6. The maximum Gasteiger partial charge on any atom is 0.493 e. The second-order valence-corrected chi connectivity index (χ2v) is 5.51. The molecule has 19 heteroatoms. The first-order valence-corrected chi connectivity index (χ1v) is 6.92. The van der Waals surface area contributed by atoms with E-state index in [9.17, 15) is 70.2 Å². The number of allylic oxidation sites excluding steroid dienone is 1. The topological polar surface area (TPSA) is 15.7 Å². The Kier molecular flexibility index (Phi) is 6.73. The summed E-state index contributed by atoms with van der Waals surface area (Å²) in [6.07, 6.45) is -39.8. The summed E-state index contributed by atoms with van der Waals surface area (Å²) in [5.41, 5.74) is 0. The number of hydrogen-bond acceptors (Lipinski definition) is 3. The molecular formula is C11H6F16N2O. The van der Waals surface area contributed by atoms with Gasteiger partial charge in [-0.15, -0.1) is 26.3 Å². The van der Waals surface area contributed by atoms with E-state index in [1.165, 1.54) is 0 Å². The molecule has 2 unspecified atom stereocenters. The molecule has 0 aromatic carbocycles. The van der Waals surface area contributed by atoms with E-state index in [2.05, 4.69) is 4.74 Å². The first kappa shape index (κ1) is 26.2. The Balaban J connectivity index is 3.75. The number of ether oxygens (including phenoxy) is 1. The third-order valence-electron chi connectivity index (χ3n) is 3.29. The first-order valence-electron chi connectivity index (χ1n) is 6.92. The molecule has 0 N–H and O–H groups in total. The largest absolute Gasteiger partial charge is 0.493 e. The third-order valence-corrected chi connectivity index (χ3v) is 3.29. The molecule has 1 heterocycles. The molecular weight excluding hydrogens is 480 g/mol. The van der Waals surface area contributed by atoms with Crippen LogP contribution in [0.25, 0.3) is 0 Å². The summed E-state index contributed by atoms with van der Waals surface area (Å²) in [6.45, 7) is -4.87. The predicted octanol–water partition coefficient (Wildman–Crippen LogP) is 5.22. The lowest BCUT2D eigenvalue weighted by molar-refractivity contribution is -0.370. The smallest absolute Gasteiger partial charge is 0.352 e. The summed E-state index contributed by atoms with van der Waals surface area (Å²) < 4.78 is 208. The van der Waals surface area contributed by atoms with Gasteiger partial charge in [0.25, 0.3) is 0 Å². The first-order chi connectivity index (χ1) is 13.0. The number of hydrogen-bond donors (Lipinski definition) is 0. The van der Waals surface area contributed by atoms with Gasteiger partial charge in [-0.3, -0.25) is 0 Å². The molecule has 1 aliphatic heterocycles. The number of rotatable bonds is 2. The summed E-state index contributed by atoms with van der Waals surface area (Å²) in [5.74, 6) is -7.87. The van der Waals surface area contributed by atoms with Crippen molar-refractivity contribution in [2.45, 2.75) is 43.3 Å². The minimum absolute atomic E-state index is 1.32. The Hall–Kier alpha value is -1.82. The molecule has 3 nitrogen and oxygen atoms in total. The highest BCUT2D eigenvalue weighted by molar-refractivity contribution is 5.14. The highest BCUT2D eigenvalue weighted by atomic mass is 19.4. The van der Waals surface area contributed by atoms with Crippen LogP contribution in [0.3, 0.4) is 0 Å². The zero-order valence-corrected chi connectivity index (χ0v) is 13.4. The van der Waals surface area contributed by atoms with Crippen LogP contribution in [0.1, 0.15) is 0 Å². The molecule has 0 aromatic rings. The summed E-state index contributed by atoms with van der Waals surface area (Å²) in [5, 5.41) is 0. The van der Waals surface area contributed by atoms with Crippen LogP contribution >= 0.6 is 0 Å². The Morgan fingerprint density at radius 1 is 0.667 bits per heavy atom. The van der Waals surface area contributed by atoms with Crippen LogP contribution in [0, 0.1) is 0 Å². The van der Waals surface area contributed by atoms with Gasteiger partial charge < -0.3 is 9.64 Å². The van der Waals surface area contributed by atoms with Crippen molar-refractivity contribution in [2.24, 2.45) is 0 Å². The molecule has 1 saturated heterocycles. The van der Waals surface area contributed by atoms with Gasteiger partial charge in [0, 0.05) is 0 Å². The van der Waals surface area contributed by atoms with E-state index in [0.29, 0.717) is 0 Å². The molecule has 2 atom stereocenters. The van der Waals surface area contributed by atoms with Crippen molar-refractivity contribution in [2.75, 3.05) is 13.1 Å². The van der Waals surface area contributed by atoms with E-state index in [0.717, 1.165) is 0 Å². The van der Waals surface area contributed by atoms with Gasteiger partial charge in [0.2, 0.25) is 5.83 Å². The zero-order valence-electron chi connectivity index (χ0n) is 13.4. The Morgan fingerprint density at radius 3 is 1.23 bits per heavy atom. The van der Waals surface area contributed by atoms with E-state index in [-0.39, 0.29) is 0 Å². The minimum atomic E-state index is -6.92. The lowest BCUT2D eigenvalue weighted by Crippen LogP contribution is -2.61. The van der Waals surface area contributed by atoms with E-state index in [4.69, 9.17) is 0 Å². The number of morpholine rings is 1. The highest BCUT2D eigenvalue weighted by Gasteiger charge is 2.61. The van der Waals surface area contributed by atoms with Gasteiger partial charge in [-0.1, -0.05) is 0 Å². The van der Waals surface area contributed by atoms with Crippen LogP contribution in [-0.4, -0.2) is 66.2 Å². The van der Waals surface area contributed by atoms with E-state index in [1.807, 2.05) is 0 Å². The normalized spacial score (nSPS) is 23.4. The average molecular weight is 486 g/mol. The van der Waals surface area contributed by atoms with Crippen LogP contribution in [0.5, 0.6) is 0 Å². The molecule has 1 fully saturated rings. The molecule has 0 aliphatic carbocycles. The summed E-state index contributed by atoms with van der Waals surface area (Å²) in [6, 6.07) is 0. The Morgan fingerprint density at radius 2 is 1.00 bits per heavy atom. The SMILES string of the molecule is F/C(=C(\N1CC(C(F)(F)F)OC(C(F)(F)F)C1)N(C(F)(F)F)C(F)(F)F)C(F)(F)F.